The SMILES string of the molecule is CC[C@H](C)[C@H](N)C(=O)NCC(=O)N[C@H](C(=O)O)[C@@H](C)O. The maximum Gasteiger partial charge on any atom is 0.328 e. The van der Waals surface area contributed by atoms with Crippen molar-refractivity contribution in [2.75, 3.05) is 6.54 Å². The Morgan fingerprint density at radius 1 is 1.25 bits per heavy atom. The number of aliphatic hydroxyl groups is 1. The number of carbonyl (C=O) groups is 3. The van der Waals surface area contributed by atoms with E-state index in [1.165, 1.54) is 6.92 Å². The molecule has 0 saturated heterocycles. The van der Waals surface area contributed by atoms with Gasteiger partial charge >= 0.3 is 5.97 Å². The summed E-state index contributed by atoms with van der Waals surface area (Å²) in [6.07, 6.45) is -0.515. The van der Waals surface area contributed by atoms with E-state index < -0.39 is 36.0 Å². The van der Waals surface area contributed by atoms with E-state index in [9.17, 15) is 19.5 Å². The highest BCUT2D eigenvalue weighted by Gasteiger charge is 2.25. The summed E-state index contributed by atoms with van der Waals surface area (Å²) in [5.74, 6) is -2.56. The van der Waals surface area contributed by atoms with Gasteiger partial charge in [-0.1, -0.05) is 20.3 Å². The van der Waals surface area contributed by atoms with Crippen molar-refractivity contribution >= 4 is 17.8 Å². The van der Waals surface area contributed by atoms with Gasteiger partial charge < -0.3 is 26.6 Å². The Morgan fingerprint density at radius 2 is 1.80 bits per heavy atom. The minimum Gasteiger partial charge on any atom is -0.480 e. The topological polar surface area (TPSA) is 142 Å². The minimum atomic E-state index is -1.41. The number of amides is 2. The van der Waals surface area contributed by atoms with Crippen molar-refractivity contribution in [2.45, 2.75) is 45.4 Å². The summed E-state index contributed by atoms with van der Waals surface area (Å²) in [6.45, 7) is 4.57. The van der Waals surface area contributed by atoms with Gasteiger partial charge in [-0.05, 0) is 12.8 Å². The third-order valence-corrected chi connectivity index (χ3v) is 3.05. The number of hydrogen-bond donors (Lipinski definition) is 5. The van der Waals surface area contributed by atoms with Gasteiger partial charge in [0.2, 0.25) is 11.8 Å². The molecule has 0 aromatic carbocycles. The predicted octanol–water partition coefficient (Wildman–Crippen LogP) is -1.57. The third kappa shape index (κ3) is 5.98. The fraction of sp³-hybridized carbons (Fsp3) is 0.750. The van der Waals surface area contributed by atoms with E-state index in [4.69, 9.17) is 10.8 Å². The molecule has 0 radical (unpaired) electrons. The summed E-state index contributed by atoms with van der Waals surface area (Å²) in [5.41, 5.74) is 5.68. The first-order chi connectivity index (χ1) is 9.20. The lowest BCUT2D eigenvalue weighted by atomic mass is 9.99. The molecule has 0 aromatic heterocycles. The summed E-state index contributed by atoms with van der Waals surface area (Å²) in [6, 6.07) is -2.14. The molecular formula is C12H23N3O5. The smallest absolute Gasteiger partial charge is 0.328 e. The van der Waals surface area contributed by atoms with Crippen LogP contribution in [0.5, 0.6) is 0 Å². The summed E-state index contributed by atoms with van der Waals surface area (Å²) in [7, 11) is 0. The number of aliphatic carboxylic acids is 1. The summed E-state index contributed by atoms with van der Waals surface area (Å²) >= 11 is 0. The number of hydrogen-bond acceptors (Lipinski definition) is 5. The van der Waals surface area contributed by atoms with Gasteiger partial charge in [0.15, 0.2) is 6.04 Å². The number of nitrogens with one attached hydrogen (secondary N) is 2. The van der Waals surface area contributed by atoms with E-state index in [-0.39, 0.29) is 12.5 Å². The molecule has 0 aromatic rings. The molecule has 4 atom stereocenters. The number of carbonyl (C=O) groups excluding carboxylic acids is 2. The van der Waals surface area contributed by atoms with Crippen LogP contribution in [0.15, 0.2) is 0 Å². The first-order valence-corrected chi connectivity index (χ1v) is 6.44. The molecule has 8 nitrogen and oxygen atoms in total. The normalized spacial score (nSPS) is 16.6. The van der Waals surface area contributed by atoms with E-state index in [1.54, 1.807) is 0 Å². The van der Waals surface area contributed by atoms with E-state index in [0.717, 1.165) is 6.42 Å². The Bertz CT molecular complexity index is 359. The minimum absolute atomic E-state index is 0.0257. The Kier molecular flexibility index (Phi) is 7.78. The molecule has 0 aliphatic rings. The zero-order valence-electron chi connectivity index (χ0n) is 11.9. The van der Waals surface area contributed by atoms with Crippen LogP contribution in [0.3, 0.4) is 0 Å². The average molecular weight is 289 g/mol. The van der Waals surface area contributed by atoms with Crippen LogP contribution >= 0.6 is 0 Å². The Balaban J connectivity index is 4.29. The number of nitrogens with two attached hydrogens (primary N) is 1. The van der Waals surface area contributed by atoms with Gasteiger partial charge in [0, 0.05) is 0 Å². The lowest BCUT2D eigenvalue weighted by molar-refractivity contribution is -0.144. The molecule has 6 N–H and O–H groups in total. The lowest BCUT2D eigenvalue weighted by Crippen LogP contribution is -2.52. The second-order valence-electron chi connectivity index (χ2n) is 4.75. The van der Waals surface area contributed by atoms with Crippen LogP contribution in [-0.2, 0) is 14.4 Å². The molecular weight excluding hydrogens is 266 g/mol. The van der Waals surface area contributed by atoms with Crippen LogP contribution in [0.1, 0.15) is 27.2 Å². The molecule has 0 spiro atoms. The van der Waals surface area contributed by atoms with Crippen LogP contribution in [0.2, 0.25) is 0 Å². The number of rotatable bonds is 8. The van der Waals surface area contributed by atoms with Gasteiger partial charge in [0.05, 0.1) is 18.7 Å². The van der Waals surface area contributed by atoms with Gasteiger partial charge in [-0.15, -0.1) is 0 Å². The van der Waals surface area contributed by atoms with E-state index in [0.29, 0.717) is 0 Å². The van der Waals surface area contributed by atoms with Gasteiger partial charge in [-0.3, -0.25) is 9.59 Å². The van der Waals surface area contributed by atoms with Crippen molar-refractivity contribution in [2.24, 2.45) is 11.7 Å². The monoisotopic (exact) mass is 289 g/mol. The number of carboxylic acids is 1. The van der Waals surface area contributed by atoms with Crippen molar-refractivity contribution in [1.29, 1.82) is 0 Å². The standard InChI is InChI=1S/C12H23N3O5/c1-4-6(2)9(13)11(18)14-5-8(17)15-10(7(3)16)12(19)20/h6-7,9-10,16H,4-5,13H2,1-3H3,(H,14,18)(H,15,17)(H,19,20)/t6-,7+,9-,10-/m0/s1. The van der Waals surface area contributed by atoms with Gasteiger partial charge in [-0.25, -0.2) is 4.79 Å². The molecule has 0 aliphatic carbocycles. The zero-order valence-corrected chi connectivity index (χ0v) is 11.9. The molecule has 0 saturated carbocycles. The van der Waals surface area contributed by atoms with Crippen molar-refractivity contribution < 1.29 is 24.6 Å². The first-order valence-electron chi connectivity index (χ1n) is 6.44. The van der Waals surface area contributed by atoms with Crippen molar-refractivity contribution in [1.82, 2.24) is 10.6 Å². The maximum absolute atomic E-state index is 11.6. The van der Waals surface area contributed by atoms with Gasteiger partial charge in [0.25, 0.3) is 0 Å². The second kappa shape index (κ2) is 8.49. The molecule has 0 fully saturated rings. The second-order valence-corrected chi connectivity index (χ2v) is 4.75. The van der Waals surface area contributed by atoms with E-state index in [1.807, 2.05) is 13.8 Å². The van der Waals surface area contributed by atoms with Crippen LogP contribution in [0.4, 0.5) is 0 Å². The van der Waals surface area contributed by atoms with Crippen molar-refractivity contribution in [3.63, 3.8) is 0 Å². The maximum atomic E-state index is 11.6. The highest BCUT2D eigenvalue weighted by Crippen LogP contribution is 2.04. The summed E-state index contributed by atoms with van der Waals surface area (Å²) in [5, 5.41) is 22.4. The average Bonchev–Trinajstić information content (AvgIpc) is 2.39. The van der Waals surface area contributed by atoms with Crippen LogP contribution in [0, 0.1) is 5.92 Å². The highest BCUT2D eigenvalue weighted by molar-refractivity contribution is 5.89. The number of carboxylic acid groups (broad SMARTS) is 1. The largest absolute Gasteiger partial charge is 0.480 e. The fourth-order valence-corrected chi connectivity index (χ4v) is 1.41. The van der Waals surface area contributed by atoms with Crippen LogP contribution in [-0.4, -0.2) is 52.7 Å². The highest BCUT2D eigenvalue weighted by atomic mass is 16.4. The lowest BCUT2D eigenvalue weighted by Gasteiger charge is -2.19. The molecule has 2 amide bonds. The quantitative estimate of drug-likeness (QED) is 0.365. The summed E-state index contributed by atoms with van der Waals surface area (Å²) < 4.78 is 0. The molecule has 0 heterocycles. The van der Waals surface area contributed by atoms with E-state index >= 15 is 0 Å². The van der Waals surface area contributed by atoms with E-state index in [2.05, 4.69) is 10.6 Å². The van der Waals surface area contributed by atoms with Crippen LogP contribution in [0.25, 0.3) is 0 Å². The molecule has 0 unspecified atom stereocenters. The van der Waals surface area contributed by atoms with Gasteiger partial charge in [0.1, 0.15) is 0 Å². The molecule has 0 aliphatic heterocycles. The molecule has 8 heteroatoms. The molecule has 20 heavy (non-hydrogen) atoms. The molecule has 0 bridgehead atoms. The van der Waals surface area contributed by atoms with Crippen molar-refractivity contribution in [3.05, 3.63) is 0 Å². The molecule has 116 valence electrons. The fourth-order valence-electron chi connectivity index (χ4n) is 1.41. The third-order valence-electron chi connectivity index (χ3n) is 3.05. The predicted molar refractivity (Wildman–Crippen MR) is 71.7 cm³/mol. The zero-order chi connectivity index (χ0) is 15.9. The van der Waals surface area contributed by atoms with Crippen molar-refractivity contribution in [3.8, 4) is 0 Å². The Hall–Kier alpha value is -1.67. The van der Waals surface area contributed by atoms with Crippen LogP contribution < -0.4 is 16.4 Å². The Labute approximate surface area is 117 Å². The molecule has 0 rings (SSSR count). The first kappa shape index (κ1) is 18.3. The number of aliphatic hydroxyl groups excluding tert-OH is 1. The Morgan fingerprint density at radius 3 is 2.20 bits per heavy atom. The summed E-state index contributed by atoms with van der Waals surface area (Å²) in [4.78, 5) is 33.9. The van der Waals surface area contributed by atoms with Gasteiger partial charge in [-0.2, -0.15) is 0 Å².